The van der Waals surface area contributed by atoms with E-state index in [1.807, 2.05) is 0 Å². The molecule has 1 aliphatic heterocycles. The number of aliphatic hydroxyl groups is 1. The molecule has 2 N–H and O–H groups in total. The molecule has 0 aliphatic carbocycles. The molecule has 2 unspecified atom stereocenters. The van der Waals surface area contributed by atoms with Gasteiger partial charge in [-0.05, 0) is 42.9 Å². The summed E-state index contributed by atoms with van der Waals surface area (Å²) >= 11 is 3.60. The molecule has 1 aromatic carbocycles. The molecule has 0 radical (unpaired) electrons. The first kappa shape index (κ1) is 25.2. The largest absolute Gasteiger partial charge is 0.393 e. The SMILES string of the molecule is CCCC(O)CCCC(CN1CCNCC1)c1cccc(Br)c1.Cl.Cl. The number of hydrogen-bond donors (Lipinski definition) is 2. The Morgan fingerprint density at radius 3 is 2.52 bits per heavy atom. The minimum absolute atomic E-state index is 0. The summed E-state index contributed by atoms with van der Waals surface area (Å²) in [5, 5.41) is 13.4. The first-order chi connectivity index (χ1) is 11.2. The lowest BCUT2D eigenvalue weighted by atomic mass is 9.91. The van der Waals surface area contributed by atoms with Gasteiger partial charge in [0, 0.05) is 37.2 Å². The fourth-order valence-corrected chi connectivity index (χ4v) is 3.82. The van der Waals surface area contributed by atoms with Crippen molar-refractivity contribution in [1.29, 1.82) is 0 Å². The summed E-state index contributed by atoms with van der Waals surface area (Å²) < 4.78 is 1.16. The average molecular weight is 456 g/mol. The van der Waals surface area contributed by atoms with Crippen LogP contribution in [-0.2, 0) is 0 Å². The van der Waals surface area contributed by atoms with Crippen molar-refractivity contribution in [1.82, 2.24) is 10.2 Å². The van der Waals surface area contributed by atoms with Crippen molar-refractivity contribution in [2.75, 3.05) is 32.7 Å². The zero-order valence-corrected chi connectivity index (χ0v) is 18.3. The van der Waals surface area contributed by atoms with Gasteiger partial charge in [0.1, 0.15) is 0 Å². The number of hydrogen-bond acceptors (Lipinski definition) is 3. The zero-order valence-electron chi connectivity index (χ0n) is 15.1. The maximum absolute atomic E-state index is 9.97. The Morgan fingerprint density at radius 2 is 1.88 bits per heavy atom. The van der Waals surface area contributed by atoms with Gasteiger partial charge in [-0.25, -0.2) is 0 Å². The van der Waals surface area contributed by atoms with Gasteiger partial charge >= 0.3 is 0 Å². The van der Waals surface area contributed by atoms with Crippen LogP contribution in [0.5, 0.6) is 0 Å². The lowest BCUT2D eigenvalue weighted by Crippen LogP contribution is -2.45. The molecule has 1 aromatic rings. The van der Waals surface area contributed by atoms with Crippen LogP contribution < -0.4 is 5.32 Å². The Bertz CT molecular complexity index is 459. The molecule has 0 bridgehead atoms. The topological polar surface area (TPSA) is 35.5 Å². The van der Waals surface area contributed by atoms with Crippen LogP contribution in [0.3, 0.4) is 0 Å². The molecule has 1 aliphatic rings. The summed E-state index contributed by atoms with van der Waals surface area (Å²) in [5.74, 6) is 0.555. The summed E-state index contributed by atoms with van der Waals surface area (Å²) in [5.41, 5.74) is 1.42. The lowest BCUT2D eigenvalue weighted by Gasteiger charge is -2.31. The van der Waals surface area contributed by atoms with Crippen LogP contribution in [0.4, 0.5) is 0 Å². The van der Waals surface area contributed by atoms with Crippen LogP contribution >= 0.6 is 40.7 Å². The highest BCUT2D eigenvalue weighted by atomic mass is 79.9. The number of nitrogens with zero attached hydrogens (tertiary/aromatic N) is 1. The lowest BCUT2D eigenvalue weighted by molar-refractivity contribution is 0.147. The second kappa shape index (κ2) is 14.2. The molecule has 0 spiro atoms. The molecule has 3 nitrogen and oxygen atoms in total. The third-order valence-corrected chi connectivity index (χ3v) is 5.21. The predicted octanol–water partition coefficient (Wildman–Crippen LogP) is 4.61. The van der Waals surface area contributed by atoms with Crippen LogP contribution in [0.2, 0.25) is 0 Å². The Labute approximate surface area is 173 Å². The van der Waals surface area contributed by atoms with Crippen molar-refractivity contribution < 1.29 is 5.11 Å². The van der Waals surface area contributed by atoms with Gasteiger partial charge in [-0.1, -0.05) is 47.8 Å². The number of benzene rings is 1. The van der Waals surface area contributed by atoms with E-state index < -0.39 is 0 Å². The first-order valence-electron chi connectivity index (χ1n) is 9.05. The molecule has 1 fully saturated rings. The van der Waals surface area contributed by atoms with Crippen molar-refractivity contribution in [3.63, 3.8) is 0 Å². The minimum atomic E-state index is -0.123. The molecule has 6 heteroatoms. The minimum Gasteiger partial charge on any atom is -0.393 e. The fraction of sp³-hybridized carbons (Fsp3) is 0.684. The van der Waals surface area contributed by atoms with E-state index in [9.17, 15) is 5.11 Å². The summed E-state index contributed by atoms with van der Waals surface area (Å²) in [7, 11) is 0. The second-order valence-electron chi connectivity index (χ2n) is 6.68. The van der Waals surface area contributed by atoms with Gasteiger partial charge in [-0.15, -0.1) is 24.8 Å². The normalized spacial score (nSPS) is 17.2. The van der Waals surface area contributed by atoms with E-state index in [2.05, 4.69) is 57.3 Å². The van der Waals surface area contributed by atoms with Crippen molar-refractivity contribution in [2.24, 2.45) is 0 Å². The van der Waals surface area contributed by atoms with Crippen LogP contribution in [0.15, 0.2) is 28.7 Å². The Hall–Kier alpha value is 0.160. The quantitative estimate of drug-likeness (QED) is 0.570. The van der Waals surface area contributed by atoms with Crippen molar-refractivity contribution in [2.45, 2.75) is 51.0 Å². The van der Waals surface area contributed by atoms with Crippen molar-refractivity contribution in [3.05, 3.63) is 34.3 Å². The average Bonchev–Trinajstić information content (AvgIpc) is 2.55. The van der Waals surface area contributed by atoms with Crippen molar-refractivity contribution in [3.8, 4) is 0 Å². The van der Waals surface area contributed by atoms with E-state index in [0.717, 1.165) is 69.3 Å². The smallest absolute Gasteiger partial charge is 0.0540 e. The number of nitrogens with one attached hydrogen (secondary N) is 1. The molecular weight excluding hydrogens is 423 g/mol. The van der Waals surface area contributed by atoms with Crippen LogP contribution in [0.25, 0.3) is 0 Å². The highest BCUT2D eigenvalue weighted by Crippen LogP contribution is 2.26. The number of rotatable bonds is 9. The van der Waals surface area contributed by atoms with Gasteiger partial charge in [0.25, 0.3) is 0 Å². The standard InChI is InChI=1S/C19H31BrN2O.2ClH/c1-2-5-19(23)9-4-7-17(15-22-12-10-21-11-13-22)16-6-3-8-18(20)14-16;;/h3,6,8,14,17,19,21,23H,2,4-5,7,9-13,15H2,1H3;2*1H. The van der Waals surface area contributed by atoms with Crippen molar-refractivity contribution >= 4 is 40.7 Å². The van der Waals surface area contributed by atoms with Gasteiger partial charge < -0.3 is 15.3 Å². The molecule has 1 saturated heterocycles. The second-order valence-corrected chi connectivity index (χ2v) is 7.59. The summed E-state index contributed by atoms with van der Waals surface area (Å²) in [6.45, 7) is 7.74. The maximum Gasteiger partial charge on any atom is 0.0540 e. The Morgan fingerprint density at radius 1 is 1.16 bits per heavy atom. The van der Waals surface area contributed by atoms with Gasteiger partial charge in [0.05, 0.1) is 6.10 Å². The molecule has 25 heavy (non-hydrogen) atoms. The highest BCUT2D eigenvalue weighted by Gasteiger charge is 2.18. The van der Waals surface area contributed by atoms with E-state index in [4.69, 9.17) is 0 Å². The third kappa shape index (κ3) is 9.60. The highest BCUT2D eigenvalue weighted by molar-refractivity contribution is 9.10. The molecule has 146 valence electrons. The first-order valence-corrected chi connectivity index (χ1v) is 9.85. The Balaban J connectivity index is 0.00000288. The molecule has 0 saturated carbocycles. The molecule has 2 rings (SSSR count). The summed E-state index contributed by atoms with van der Waals surface area (Å²) in [6.07, 6.45) is 5.06. The summed E-state index contributed by atoms with van der Waals surface area (Å²) in [4.78, 5) is 2.57. The van der Waals surface area contributed by atoms with E-state index in [1.54, 1.807) is 0 Å². The van der Waals surface area contributed by atoms with E-state index in [1.165, 1.54) is 5.56 Å². The monoisotopic (exact) mass is 454 g/mol. The summed E-state index contributed by atoms with van der Waals surface area (Å²) in [6, 6.07) is 8.74. The maximum atomic E-state index is 9.97. The van der Waals surface area contributed by atoms with E-state index >= 15 is 0 Å². The third-order valence-electron chi connectivity index (χ3n) is 4.72. The Kier molecular flexibility index (Phi) is 14.3. The van der Waals surface area contributed by atoms with E-state index in [-0.39, 0.29) is 30.9 Å². The molecular formula is C19H33BrCl2N2O. The van der Waals surface area contributed by atoms with Gasteiger partial charge in [-0.3, -0.25) is 0 Å². The van der Waals surface area contributed by atoms with Gasteiger partial charge in [0.2, 0.25) is 0 Å². The molecule has 0 aromatic heterocycles. The zero-order chi connectivity index (χ0) is 16.5. The van der Waals surface area contributed by atoms with Crippen LogP contribution in [-0.4, -0.2) is 48.8 Å². The molecule has 1 heterocycles. The number of aliphatic hydroxyl groups excluding tert-OH is 1. The van der Waals surface area contributed by atoms with Crippen LogP contribution in [0.1, 0.15) is 50.5 Å². The van der Waals surface area contributed by atoms with Crippen LogP contribution in [0, 0.1) is 0 Å². The van der Waals surface area contributed by atoms with E-state index in [0.29, 0.717) is 5.92 Å². The molecule has 2 atom stereocenters. The number of piperazine rings is 1. The van der Waals surface area contributed by atoms with Gasteiger partial charge in [-0.2, -0.15) is 0 Å². The molecule has 0 amide bonds. The predicted molar refractivity (Wildman–Crippen MR) is 115 cm³/mol. The fourth-order valence-electron chi connectivity index (χ4n) is 3.41. The number of halogens is 3. The van der Waals surface area contributed by atoms with Gasteiger partial charge in [0.15, 0.2) is 0 Å².